The molecule has 1 aliphatic heterocycles. The third kappa shape index (κ3) is 3.29. The number of ether oxygens (including phenoxy) is 1. The highest BCUT2D eigenvalue weighted by atomic mass is 16.6. The van der Waals surface area contributed by atoms with Crippen molar-refractivity contribution in [3.8, 4) is 0 Å². The van der Waals surface area contributed by atoms with Gasteiger partial charge in [-0.25, -0.2) is 9.59 Å². The zero-order valence-electron chi connectivity index (χ0n) is 11.5. The number of carbonyl (C=O) groups excluding carboxylic acids is 1. The minimum Gasteiger partial charge on any atom is -0.480 e. The smallest absolute Gasteiger partial charge is 0.411 e. The molecule has 1 aromatic rings. The van der Waals surface area contributed by atoms with Gasteiger partial charge in [-0.1, -0.05) is 30.3 Å². The lowest BCUT2D eigenvalue weighted by Crippen LogP contribution is -2.52. The summed E-state index contributed by atoms with van der Waals surface area (Å²) in [5.41, 5.74) is 0.886. The fraction of sp³-hybridized carbons (Fsp3) is 0.467. The molecule has 0 spiro atoms. The summed E-state index contributed by atoms with van der Waals surface area (Å²) in [5, 5.41) is 9.21. The summed E-state index contributed by atoms with van der Waals surface area (Å²) in [7, 11) is 0. The van der Waals surface area contributed by atoms with Crippen LogP contribution in [0, 0.1) is 0 Å². The quantitative estimate of drug-likeness (QED) is 0.922. The number of piperidine rings is 1. The molecule has 0 bridgehead atoms. The van der Waals surface area contributed by atoms with Crippen LogP contribution in [0.25, 0.3) is 0 Å². The number of amides is 1. The lowest BCUT2D eigenvalue weighted by molar-refractivity contribution is -0.145. The number of likely N-dealkylation sites (tertiary alicyclic amines) is 1. The normalized spacial score (nSPS) is 22.4. The monoisotopic (exact) mass is 277 g/mol. The van der Waals surface area contributed by atoms with Gasteiger partial charge in [0.1, 0.15) is 12.6 Å². The number of benzene rings is 1. The first-order valence-corrected chi connectivity index (χ1v) is 6.81. The van der Waals surface area contributed by atoms with E-state index in [1.54, 1.807) is 0 Å². The number of carbonyl (C=O) groups is 2. The minimum absolute atomic E-state index is 0.104. The second-order valence-electron chi connectivity index (χ2n) is 5.08. The molecule has 1 fully saturated rings. The van der Waals surface area contributed by atoms with E-state index < -0.39 is 18.1 Å². The second-order valence-corrected chi connectivity index (χ2v) is 5.08. The van der Waals surface area contributed by atoms with Crippen LogP contribution < -0.4 is 0 Å². The third-order valence-electron chi connectivity index (χ3n) is 3.61. The Balaban J connectivity index is 2.00. The predicted molar refractivity (Wildman–Crippen MR) is 73.2 cm³/mol. The Morgan fingerprint density at radius 1 is 1.30 bits per heavy atom. The van der Waals surface area contributed by atoms with E-state index in [2.05, 4.69) is 0 Å². The number of nitrogens with zero attached hydrogens (tertiary/aromatic N) is 1. The van der Waals surface area contributed by atoms with Crippen molar-refractivity contribution in [1.82, 2.24) is 4.90 Å². The van der Waals surface area contributed by atoms with E-state index in [1.165, 1.54) is 4.90 Å². The lowest BCUT2D eigenvalue weighted by Gasteiger charge is -2.37. The van der Waals surface area contributed by atoms with E-state index in [1.807, 2.05) is 37.3 Å². The van der Waals surface area contributed by atoms with Crippen molar-refractivity contribution in [2.75, 3.05) is 0 Å². The molecule has 0 aliphatic carbocycles. The van der Waals surface area contributed by atoms with Gasteiger partial charge in [-0.3, -0.25) is 4.90 Å². The van der Waals surface area contributed by atoms with Gasteiger partial charge in [0.2, 0.25) is 0 Å². The molecule has 0 radical (unpaired) electrons. The van der Waals surface area contributed by atoms with Gasteiger partial charge in [-0.15, -0.1) is 0 Å². The molecule has 0 unspecified atom stereocenters. The van der Waals surface area contributed by atoms with Gasteiger partial charge in [-0.2, -0.15) is 0 Å². The fourth-order valence-corrected chi connectivity index (χ4v) is 2.54. The predicted octanol–water partition coefficient (Wildman–Crippen LogP) is 2.65. The van der Waals surface area contributed by atoms with E-state index in [-0.39, 0.29) is 12.6 Å². The van der Waals surface area contributed by atoms with Crippen LogP contribution in [0.5, 0.6) is 0 Å². The molecule has 1 N–H and O–H groups in total. The SMILES string of the molecule is C[C@@H]1CCC[C@H](C(=O)O)N1C(=O)OCc1ccccc1. The van der Waals surface area contributed by atoms with Crippen LogP contribution in [-0.4, -0.2) is 34.2 Å². The first-order valence-electron chi connectivity index (χ1n) is 6.81. The van der Waals surface area contributed by atoms with Crippen molar-refractivity contribution in [3.63, 3.8) is 0 Å². The van der Waals surface area contributed by atoms with Crippen LogP contribution >= 0.6 is 0 Å². The average molecular weight is 277 g/mol. The minimum atomic E-state index is -0.965. The molecule has 5 heteroatoms. The molecule has 0 saturated carbocycles. The molecule has 1 saturated heterocycles. The summed E-state index contributed by atoms with van der Waals surface area (Å²) in [6.07, 6.45) is 1.57. The molecule has 2 atom stereocenters. The molecule has 0 aromatic heterocycles. The lowest BCUT2D eigenvalue weighted by atomic mass is 9.97. The van der Waals surface area contributed by atoms with Crippen LogP contribution in [0.1, 0.15) is 31.7 Å². The van der Waals surface area contributed by atoms with Gasteiger partial charge >= 0.3 is 12.1 Å². The molecule has 5 nitrogen and oxygen atoms in total. The topological polar surface area (TPSA) is 66.8 Å². The summed E-state index contributed by atoms with van der Waals surface area (Å²) in [5.74, 6) is -0.965. The molecular formula is C15H19NO4. The van der Waals surface area contributed by atoms with Crippen LogP contribution in [0.4, 0.5) is 4.79 Å². The second kappa shape index (κ2) is 6.41. The Bertz CT molecular complexity index is 474. The van der Waals surface area contributed by atoms with Gasteiger partial charge in [0.05, 0.1) is 0 Å². The molecule has 2 rings (SSSR count). The van der Waals surface area contributed by atoms with Crippen molar-refractivity contribution in [2.45, 2.75) is 44.9 Å². The van der Waals surface area contributed by atoms with Gasteiger partial charge in [-0.05, 0) is 31.7 Å². The van der Waals surface area contributed by atoms with E-state index in [0.29, 0.717) is 6.42 Å². The molecule has 1 heterocycles. The van der Waals surface area contributed by atoms with Crippen molar-refractivity contribution in [3.05, 3.63) is 35.9 Å². The molecule has 1 amide bonds. The summed E-state index contributed by atoms with van der Waals surface area (Å²) in [6.45, 7) is 2.02. The maximum atomic E-state index is 12.1. The molecule has 1 aromatic carbocycles. The number of carboxylic acids is 1. The zero-order valence-corrected chi connectivity index (χ0v) is 11.5. The Morgan fingerprint density at radius 3 is 2.65 bits per heavy atom. The van der Waals surface area contributed by atoms with Gasteiger partial charge in [0.15, 0.2) is 0 Å². The number of rotatable bonds is 3. The van der Waals surface area contributed by atoms with Gasteiger partial charge in [0.25, 0.3) is 0 Å². The number of hydrogen-bond donors (Lipinski definition) is 1. The number of carboxylic acid groups (broad SMARTS) is 1. The molecule has 108 valence electrons. The van der Waals surface area contributed by atoms with Crippen LogP contribution in [0.15, 0.2) is 30.3 Å². The summed E-state index contributed by atoms with van der Waals surface area (Å²) >= 11 is 0. The Kier molecular flexibility index (Phi) is 4.61. The van der Waals surface area contributed by atoms with E-state index in [4.69, 9.17) is 4.74 Å². The Hall–Kier alpha value is -2.04. The van der Waals surface area contributed by atoms with Crippen molar-refractivity contribution >= 4 is 12.1 Å². The highest BCUT2D eigenvalue weighted by molar-refractivity contribution is 5.80. The maximum Gasteiger partial charge on any atom is 0.411 e. The molecular weight excluding hydrogens is 258 g/mol. The Labute approximate surface area is 118 Å². The summed E-state index contributed by atoms with van der Waals surface area (Å²) < 4.78 is 5.24. The van der Waals surface area contributed by atoms with Gasteiger partial charge in [0, 0.05) is 6.04 Å². The largest absolute Gasteiger partial charge is 0.480 e. The van der Waals surface area contributed by atoms with Crippen molar-refractivity contribution in [1.29, 1.82) is 0 Å². The van der Waals surface area contributed by atoms with E-state index in [0.717, 1.165) is 18.4 Å². The van der Waals surface area contributed by atoms with Crippen LogP contribution in [0.3, 0.4) is 0 Å². The Morgan fingerprint density at radius 2 is 2.00 bits per heavy atom. The highest BCUT2D eigenvalue weighted by Crippen LogP contribution is 2.24. The number of aliphatic carboxylic acids is 1. The van der Waals surface area contributed by atoms with Crippen LogP contribution in [-0.2, 0) is 16.1 Å². The standard InChI is InChI=1S/C15H19NO4/c1-11-6-5-9-13(14(17)18)16(11)15(19)20-10-12-7-3-2-4-8-12/h2-4,7-8,11,13H,5-6,9-10H2,1H3,(H,17,18)/t11-,13-/m1/s1. The molecule has 20 heavy (non-hydrogen) atoms. The third-order valence-corrected chi connectivity index (χ3v) is 3.61. The van der Waals surface area contributed by atoms with E-state index >= 15 is 0 Å². The fourth-order valence-electron chi connectivity index (χ4n) is 2.54. The highest BCUT2D eigenvalue weighted by Gasteiger charge is 2.37. The first kappa shape index (κ1) is 14.4. The van der Waals surface area contributed by atoms with E-state index in [9.17, 15) is 14.7 Å². The number of hydrogen-bond acceptors (Lipinski definition) is 3. The average Bonchev–Trinajstić information content (AvgIpc) is 2.45. The van der Waals surface area contributed by atoms with Crippen molar-refractivity contribution in [2.24, 2.45) is 0 Å². The maximum absolute atomic E-state index is 12.1. The summed E-state index contributed by atoms with van der Waals surface area (Å²) in [6, 6.07) is 8.47. The summed E-state index contributed by atoms with van der Waals surface area (Å²) in [4.78, 5) is 24.7. The van der Waals surface area contributed by atoms with Gasteiger partial charge < -0.3 is 9.84 Å². The zero-order chi connectivity index (χ0) is 14.5. The van der Waals surface area contributed by atoms with Crippen LogP contribution in [0.2, 0.25) is 0 Å². The van der Waals surface area contributed by atoms with Crippen molar-refractivity contribution < 1.29 is 19.4 Å². The molecule has 1 aliphatic rings. The first-order chi connectivity index (χ1) is 9.59.